The molecule has 1 aliphatic rings. The van der Waals surface area contributed by atoms with E-state index in [1.54, 1.807) is 12.1 Å². The summed E-state index contributed by atoms with van der Waals surface area (Å²) in [6.07, 6.45) is 0. The van der Waals surface area contributed by atoms with Crippen molar-refractivity contribution in [3.63, 3.8) is 0 Å². The third-order valence-corrected chi connectivity index (χ3v) is 3.48. The van der Waals surface area contributed by atoms with Crippen LogP contribution < -0.4 is 15.4 Å². The Balaban J connectivity index is 1.54. The summed E-state index contributed by atoms with van der Waals surface area (Å²) < 4.78 is 5.70. The molecule has 0 unspecified atom stereocenters. The first-order valence-corrected chi connectivity index (χ1v) is 7.09. The molecule has 1 fully saturated rings. The van der Waals surface area contributed by atoms with Gasteiger partial charge in [0, 0.05) is 18.7 Å². The van der Waals surface area contributed by atoms with Gasteiger partial charge >= 0.3 is 0 Å². The summed E-state index contributed by atoms with van der Waals surface area (Å²) in [7, 11) is 0. The second-order valence-electron chi connectivity index (χ2n) is 5.13. The molecule has 1 heterocycles. The van der Waals surface area contributed by atoms with Crippen LogP contribution in [0.3, 0.4) is 0 Å². The zero-order valence-electron chi connectivity index (χ0n) is 11.7. The molecule has 0 aromatic heterocycles. The van der Waals surface area contributed by atoms with E-state index in [4.69, 9.17) is 4.74 Å². The zero-order chi connectivity index (χ0) is 14.5. The molecule has 2 aromatic carbocycles. The summed E-state index contributed by atoms with van der Waals surface area (Å²) in [6.45, 7) is 2.23. The second-order valence-corrected chi connectivity index (χ2v) is 5.13. The fraction of sp³-hybridized carbons (Fsp3) is 0.235. The molecule has 0 radical (unpaired) electrons. The number of ether oxygens (including phenoxy) is 1. The summed E-state index contributed by atoms with van der Waals surface area (Å²) in [4.78, 5) is 12.0. The van der Waals surface area contributed by atoms with Gasteiger partial charge in [0.2, 0.25) is 0 Å². The van der Waals surface area contributed by atoms with Gasteiger partial charge in [-0.3, -0.25) is 4.79 Å². The number of hydrogen-bond donors (Lipinski definition) is 2. The molecule has 2 N–H and O–H groups in total. The fourth-order valence-corrected chi connectivity index (χ4v) is 2.10. The average Bonchev–Trinajstić information content (AvgIpc) is 2.50. The number of hydrogen-bond acceptors (Lipinski definition) is 3. The maximum Gasteiger partial charge on any atom is 0.251 e. The molecule has 4 heteroatoms. The largest absolute Gasteiger partial charge is 0.489 e. The van der Waals surface area contributed by atoms with E-state index in [9.17, 15) is 4.79 Å². The Bertz CT molecular complexity index is 592. The van der Waals surface area contributed by atoms with E-state index >= 15 is 0 Å². The lowest BCUT2D eigenvalue weighted by molar-refractivity contribution is 0.0924. The Morgan fingerprint density at radius 3 is 2.43 bits per heavy atom. The lowest BCUT2D eigenvalue weighted by Crippen LogP contribution is -2.56. The highest BCUT2D eigenvalue weighted by Crippen LogP contribution is 2.14. The second kappa shape index (κ2) is 6.41. The van der Waals surface area contributed by atoms with E-state index in [-0.39, 0.29) is 11.9 Å². The lowest BCUT2D eigenvalue weighted by atomic mass is 10.1. The van der Waals surface area contributed by atoms with Gasteiger partial charge in [0.25, 0.3) is 5.91 Å². The van der Waals surface area contributed by atoms with Gasteiger partial charge < -0.3 is 15.4 Å². The topological polar surface area (TPSA) is 50.4 Å². The number of amides is 1. The lowest BCUT2D eigenvalue weighted by Gasteiger charge is -2.27. The molecule has 4 nitrogen and oxygen atoms in total. The summed E-state index contributed by atoms with van der Waals surface area (Å²) in [5.74, 6) is 0.733. The smallest absolute Gasteiger partial charge is 0.251 e. The van der Waals surface area contributed by atoms with Crippen molar-refractivity contribution in [1.29, 1.82) is 0 Å². The van der Waals surface area contributed by atoms with Crippen molar-refractivity contribution in [2.45, 2.75) is 12.6 Å². The number of carbonyl (C=O) groups is 1. The quantitative estimate of drug-likeness (QED) is 0.881. The van der Waals surface area contributed by atoms with Gasteiger partial charge in [-0.1, -0.05) is 30.3 Å². The minimum absolute atomic E-state index is 0.0314. The van der Waals surface area contributed by atoms with Gasteiger partial charge in [-0.25, -0.2) is 0 Å². The van der Waals surface area contributed by atoms with Crippen molar-refractivity contribution in [3.05, 3.63) is 65.7 Å². The molecule has 2 aromatic rings. The third-order valence-electron chi connectivity index (χ3n) is 3.48. The van der Waals surface area contributed by atoms with Crippen LogP contribution in [0.15, 0.2) is 54.6 Å². The SMILES string of the molecule is O=C(NC1CNC1)c1ccc(OCc2ccccc2)cc1. The predicted octanol–water partition coefficient (Wildman–Crippen LogP) is 1.97. The first-order chi connectivity index (χ1) is 10.3. The molecule has 21 heavy (non-hydrogen) atoms. The van der Waals surface area contributed by atoms with Gasteiger partial charge in [0.15, 0.2) is 0 Å². The first-order valence-electron chi connectivity index (χ1n) is 7.09. The van der Waals surface area contributed by atoms with Gasteiger partial charge in [0.1, 0.15) is 12.4 Å². The average molecular weight is 282 g/mol. The molecule has 0 atom stereocenters. The molecule has 1 amide bonds. The van der Waals surface area contributed by atoms with Crippen LogP contribution in [0.25, 0.3) is 0 Å². The van der Waals surface area contributed by atoms with E-state index in [2.05, 4.69) is 10.6 Å². The highest BCUT2D eigenvalue weighted by molar-refractivity contribution is 5.94. The zero-order valence-corrected chi connectivity index (χ0v) is 11.7. The van der Waals surface area contributed by atoms with Crippen LogP contribution in [-0.4, -0.2) is 25.0 Å². The molecule has 1 aliphatic heterocycles. The van der Waals surface area contributed by atoms with E-state index in [0.717, 1.165) is 24.4 Å². The number of benzene rings is 2. The third kappa shape index (κ3) is 3.61. The van der Waals surface area contributed by atoms with E-state index < -0.39 is 0 Å². The van der Waals surface area contributed by atoms with Crippen LogP contribution in [0.5, 0.6) is 5.75 Å². The standard InChI is InChI=1S/C17H18N2O2/c20-17(19-15-10-18-11-15)14-6-8-16(9-7-14)21-12-13-4-2-1-3-5-13/h1-9,15,18H,10-12H2,(H,19,20). The van der Waals surface area contributed by atoms with E-state index in [1.807, 2.05) is 42.5 Å². The van der Waals surface area contributed by atoms with E-state index in [1.165, 1.54) is 0 Å². The fourth-order valence-electron chi connectivity index (χ4n) is 2.10. The molecule has 0 saturated carbocycles. The van der Waals surface area contributed by atoms with Crippen molar-refractivity contribution in [2.75, 3.05) is 13.1 Å². The Kier molecular flexibility index (Phi) is 4.17. The van der Waals surface area contributed by atoms with E-state index in [0.29, 0.717) is 12.2 Å². The molecule has 0 spiro atoms. The highest BCUT2D eigenvalue weighted by atomic mass is 16.5. The Morgan fingerprint density at radius 2 is 1.81 bits per heavy atom. The molecular weight excluding hydrogens is 264 g/mol. The summed E-state index contributed by atoms with van der Waals surface area (Å²) in [6, 6.07) is 17.5. The Morgan fingerprint density at radius 1 is 1.10 bits per heavy atom. The van der Waals surface area contributed by atoms with Gasteiger partial charge in [-0.15, -0.1) is 0 Å². The van der Waals surface area contributed by atoms with Crippen molar-refractivity contribution in [2.24, 2.45) is 0 Å². The molecule has 0 aliphatic carbocycles. The van der Waals surface area contributed by atoms with Crippen molar-refractivity contribution < 1.29 is 9.53 Å². The maximum atomic E-state index is 12.0. The number of rotatable bonds is 5. The Labute approximate surface area is 124 Å². The maximum absolute atomic E-state index is 12.0. The number of carbonyl (C=O) groups excluding carboxylic acids is 1. The van der Waals surface area contributed by atoms with Crippen molar-refractivity contribution >= 4 is 5.91 Å². The van der Waals surface area contributed by atoms with Crippen molar-refractivity contribution in [1.82, 2.24) is 10.6 Å². The Hall–Kier alpha value is -2.33. The summed E-state index contributed by atoms with van der Waals surface area (Å²) in [5, 5.41) is 6.09. The van der Waals surface area contributed by atoms with Crippen LogP contribution in [0.4, 0.5) is 0 Å². The molecule has 0 bridgehead atoms. The highest BCUT2D eigenvalue weighted by Gasteiger charge is 2.19. The normalized spacial score (nSPS) is 14.3. The number of nitrogens with one attached hydrogen (secondary N) is 2. The predicted molar refractivity (Wildman–Crippen MR) is 81.3 cm³/mol. The molecular formula is C17H18N2O2. The molecule has 1 saturated heterocycles. The monoisotopic (exact) mass is 282 g/mol. The summed E-state index contributed by atoms with van der Waals surface area (Å²) in [5.41, 5.74) is 1.78. The van der Waals surface area contributed by atoms with Gasteiger partial charge in [-0.05, 0) is 29.8 Å². The van der Waals surface area contributed by atoms with Crippen molar-refractivity contribution in [3.8, 4) is 5.75 Å². The van der Waals surface area contributed by atoms with Gasteiger partial charge in [0.05, 0.1) is 6.04 Å². The molecule has 108 valence electrons. The minimum atomic E-state index is -0.0314. The van der Waals surface area contributed by atoms with Crippen LogP contribution in [-0.2, 0) is 6.61 Å². The molecule has 3 rings (SSSR count). The summed E-state index contributed by atoms with van der Waals surface area (Å²) >= 11 is 0. The van der Waals surface area contributed by atoms with Gasteiger partial charge in [-0.2, -0.15) is 0 Å². The first kappa shape index (κ1) is 13.6. The minimum Gasteiger partial charge on any atom is -0.489 e. The van der Waals surface area contributed by atoms with Crippen LogP contribution in [0.1, 0.15) is 15.9 Å². The van der Waals surface area contributed by atoms with Crippen LogP contribution in [0, 0.1) is 0 Å². The van der Waals surface area contributed by atoms with Crippen LogP contribution in [0.2, 0.25) is 0 Å². The van der Waals surface area contributed by atoms with Crippen LogP contribution >= 0.6 is 0 Å².